The van der Waals surface area contributed by atoms with Crippen molar-refractivity contribution >= 4 is 0 Å². The molecule has 3 atom stereocenters. The Morgan fingerprint density at radius 3 is 2.73 bits per heavy atom. The molecule has 0 aromatic rings. The zero-order chi connectivity index (χ0) is 10.9. The van der Waals surface area contributed by atoms with Crippen molar-refractivity contribution in [3.63, 3.8) is 0 Å². The van der Waals surface area contributed by atoms with E-state index in [1.165, 1.54) is 32.1 Å². The summed E-state index contributed by atoms with van der Waals surface area (Å²) in [5.41, 5.74) is 0.181. The van der Waals surface area contributed by atoms with Crippen molar-refractivity contribution < 1.29 is 4.74 Å². The average Bonchev–Trinajstić information content (AvgIpc) is 2.18. The third-order valence-electron chi connectivity index (χ3n) is 4.28. The van der Waals surface area contributed by atoms with Gasteiger partial charge in [-0.15, -0.1) is 0 Å². The van der Waals surface area contributed by atoms with Crippen LogP contribution in [0.3, 0.4) is 0 Å². The second-order valence-electron chi connectivity index (χ2n) is 5.83. The highest BCUT2D eigenvalue weighted by Crippen LogP contribution is 2.47. The molecule has 1 nitrogen and oxygen atoms in total. The van der Waals surface area contributed by atoms with Gasteiger partial charge in [0, 0.05) is 5.92 Å². The van der Waals surface area contributed by atoms with Crippen LogP contribution >= 0.6 is 0 Å². The molecule has 86 valence electrons. The Kier molecular flexibility index (Phi) is 3.08. The summed E-state index contributed by atoms with van der Waals surface area (Å²) in [7, 11) is 0. The van der Waals surface area contributed by atoms with Crippen LogP contribution in [0.5, 0.6) is 0 Å². The van der Waals surface area contributed by atoms with Crippen LogP contribution < -0.4 is 0 Å². The highest BCUT2D eigenvalue weighted by molar-refractivity contribution is 5.00. The zero-order valence-corrected chi connectivity index (χ0v) is 10.3. The normalized spacial score (nSPS) is 40.8. The van der Waals surface area contributed by atoms with E-state index in [4.69, 9.17) is 4.74 Å². The Hall–Kier alpha value is -0.460. The van der Waals surface area contributed by atoms with Gasteiger partial charge < -0.3 is 4.74 Å². The Morgan fingerprint density at radius 2 is 2.13 bits per heavy atom. The Labute approximate surface area is 93.9 Å². The fraction of sp³-hybridized carbons (Fsp3) is 0.857. The van der Waals surface area contributed by atoms with E-state index in [9.17, 15) is 0 Å². The summed E-state index contributed by atoms with van der Waals surface area (Å²) in [5, 5.41) is 0. The number of allylic oxidation sites excluding steroid dienone is 1. The van der Waals surface area contributed by atoms with Crippen LogP contribution in [0.4, 0.5) is 0 Å². The topological polar surface area (TPSA) is 9.23 Å². The summed E-state index contributed by atoms with van der Waals surface area (Å²) in [6.45, 7) is 7.08. The maximum atomic E-state index is 6.07. The van der Waals surface area contributed by atoms with Crippen molar-refractivity contribution in [3.8, 4) is 0 Å². The molecule has 1 heterocycles. The first kappa shape index (κ1) is 11.0. The highest BCUT2D eigenvalue weighted by atomic mass is 16.5. The Morgan fingerprint density at radius 1 is 1.33 bits per heavy atom. The summed E-state index contributed by atoms with van der Waals surface area (Å²) >= 11 is 0. The van der Waals surface area contributed by atoms with Crippen LogP contribution in [0.1, 0.15) is 52.9 Å². The van der Waals surface area contributed by atoms with E-state index in [0.29, 0.717) is 0 Å². The third-order valence-corrected chi connectivity index (χ3v) is 4.28. The Balaban J connectivity index is 2.18. The van der Waals surface area contributed by atoms with E-state index in [1.54, 1.807) is 0 Å². The predicted octanol–water partition coefficient (Wildman–Crippen LogP) is 4.14. The molecule has 1 aliphatic carbocycles. The molecule has 1 heteroatoms. The minimum Gasteiger partial charge on any atom is -0.495 e. The van der Waals surface area contributed by atoms with Crippen LogP contribution in [0.25, 0.3) is 0 Å². The monoisotopic (exact) mass is 208 g/mol. The van der Waals surface area contributed by atoms with Crippen LogP contribution in [0, 0.1) is 17.8 Å². The summed E-state index contributed by atoms with van der Waals surface area (Å²) in [4.78, 5) is 0. The molecule has 2 aliphatic rings. The van der Waals surface area contributed by atoms with Gasteiger partial charge in [0.15, 0.2) is 0 Å². The Bertz CT molecular complexity index is 244. The number of hydrogen-bond acceptors (Lipinski definition) is 1. The molecule has 15 heavy (non-hydrogen) atoms. The van der Waals surface area contributed by atoms with Crippen molar-refractivity contribution in [2.24, 2.45) is 17.8 Å². The standard InChI is InChI=1S/C14H24O/c1-11(2)13-7-6-12(3)10-14(13)8-4-5-9-15-14/h5,9,11-13H,4,6-8,10H2,1-3H3/t12-,13+,14?/m1/s1. The molecule has 0 aromatic heterocycles. The first-order valence-electron chi connectivity index (χ1n) is 6.47. The number of rotatable bonds is 1. The van der Waals surface area contributed by atoms with Crippen LogP contribution in [0.15, 0.2) is 12.3 Å². The molecule has 1 unspecified atom stereocenters. The van der Waals surface area contributed by atoms with Crippen molar-refractivity contribution in [2.45, 2.75) is 58.5 Å². The zero-order valence-electron chi connectivity index (χ0n) is 10.3. The van der Waals surface area contributed by atoms with Crippen LogP contribution in [-0.2, 0) is 4.74 Å². The molecule has 1 aliphatic heterocycles. The van der Waals surface area contributed by atoms with E-state index in [1.807, 2.05) is 6.26 Å². The van der Waals surface area contributed by atoms with E-state index in [0.717, 1.165) is 17.8 Å². The van der Waals surface area contributed by atoms with E-state index in [-0.39, 0.29) is 5.60 Å². The van der Waals surface area contributed by atoms with Gasteiger partial charge in [-0.25, -0.2) is 0 Å². The van der Waals surface area contributed by atoms with Gasteiger partial charge in [0.25, 0.3) is 0 Å². The molecule has 0 aromatic carbocycles. The first-order chi connectivity index (χ1) is 7.14. The minimum absolute atomic E-state index is 0.181. The predicted molar refractivity (Wildman–Crippen MR) is 63.5 cm³/mol. The van der Waals surface area contributed by atoms with Crippen molar-refractivity contribution in [1.29, 1.82) is 0 Å². The fourth-order valence-corrected chi connectivity index (χ4v) is 3.57. The summed E-state index contributed by atoms with van der Waals surface area (Å²) in [6, 6.07) is 0. The summed E-state index contributed by atoms with van der Waals surface area (Å²) < 4.78 is 6.07. The second kappa shape index (κ2) is 4.19. The van der Waals surface area contributed by atoms with E-state index in [2.05, 4.69) is 26.8 Å². The van der Waals surface area contributed by atoms with Gasteiger partial charge in [-0.1, -0.05) is 27.2 Å². The van der Waals surface area contributed by atoms with Gasteiger partial charge in [-0.2, -0.15) is 0 Å². The van der Waals surface area contributed by atoms with Crippen LogP contribution in [-0.4, -0.2) is 5.60 Å². The van der Waals surface area contributed by atoms with Gasteiger partial charge in [-0.05, 0) is 43.6 Å². The van der Waals surface area contributed by atoms with Gasteiger partial charge in [0.1, 0.15) is 5.60 Å². The van der Waals surface area contributed by atoms with Gasteiger partial charge in [-0.3, -0.25) is 0 Å². The lowest BCUT2D eigenvalue weighted by Gasteiger charge is -2.48. The molecule has 2 rings (SSSR count). The summed E-state index contributed by atoms with van der Waals surface area (Å²) in [5.74, 6) is 2.36. The molecule has 0 radical (unpaired) electrons. The lowest BCUT2D eigenvalue weighted by Crippen LogP contribution is -2.47. The van der Waals surface area contributed by atoms with E-state index < -0.39 is 0 Å². The van der Waals surface area contributed by atoms with Crippen molar-refractivity contribution in [1.82, 2.24) is 0 Å². The molecule has 1 spiro atoms. The molecule has 0 bridgehead atoms. The molecule has 1 fully saturated rings. The van der Waals surface area contributed by atoms with E-state index >= 15 is 0 Å². The first-order valence-corrected chi connectivity index (χ1v) is 6.47. The van der Waals surface area contributed by atoms with Crippen LogP contribution in [0.2, 0.25) is 0 Å². The maximum Gasteiger partial charge on any atom is 0.112 e. The third kappa shape index (κ3) is 2.07. The molecule has 1 saturated carbocycles. The molecule has 0 saturated heterocycles. The molecule has 0 N–H and O–H groups in total. The van der Waals surface area contributed by atoms with Gasteiger partial charge >= 0.3 is 0 Å². The molecule has 0 amide bonds. The maximum absolute atomic E-state index is 6.07. The fourth-order valence-electron chi connectivity index (χ4n) is 3.57. The second-order valence-corrected chi connectivity index (χ2v) is 5.83. The number of hydrogen-bond donors (Lipinski definition) is 0. The van der Waals surface area contributed by atoms with Gasteiger partial charge in [0.2, 0.25) is 0 Å². The lowest BCUT2D eigenvalue weighted by molar-refractivity contribution is -0.100. The largest absolute Gasteiger partial charge is 0.495 e. The molecular formula is C14H24O. The highest BCUT2D eigenvalue weighted by Gasteiger charge is 2.45. The lowest BCUT2D eigenvalue weighted by atomic mass is 9.65. The quantitative estimate of drug-likeness (QED) is 0.629. The smallest absolute Gasteiger partial charge is 0.112 e. The SMILES string of the molecule is CC(C)[C@@H]1CC[C@@H](C)CC12CCC=CO2. The minimum atomic E-state index is 0.181. The van der Waals surface area contributed by atoms with Gasteiger partial charge in [0.05, 0.1) is 6.26 Å². The average molecular weight is 208 g/mol. The summed E-state index contributed by atoms with van der Waals surface area (Å²) in [6.07, 6.45) is 10.6. The van der Waals surface area contributed by atoms with Crippen molar-refractivity contribution in [2.75, 3.05) is 0 Å². The van der Waals surface area contributed by atoms with Crippen molar-refractivity contribution in [3.05, 3.63) is 12.3 Å². The number of ether oxygens (including phenoxy) is 1. The molecular weight excluding hydrogens is 184 g/mol.